The Morgan fingerprint density at radius 2 is 1.60 bits per heavy atom. The number of nitrogens with zero attached hydrogens (tertiary/aromatic N) is 3. The normalized spacial score (nSPS) is 10.6. The summed E-state index contributed by atoms with van der Waals surface area (Å²) < 4.78 is 61.8. The van der Waals surface area contributed by atoms with Crippen molar-refractivity contribution in [3.05, 3.63) is 70.9 Å². The van der Waals surface area contributed by atoms with E-state index in [0.29, 0.717) is 11.4 Å². The average Bonchev–Trinajstić information content (AvgIpc) is 2.99. The van der Waals surface area contributed by atoms with Gasteiger partial charge in [0.2, 0.25) is 23.3 Å². The van der Waals surface area contributed by atoms with E-state index in [0.717, 1.165) is 6.07 Å². The van der Waals surface area contributed by atoms with E-state index in [2.05, 4.69) is 5.10 Å². The summed E-state index contributed by atoms with van der Waals surface area (Å²) in [6.45, 7) is 1.61. The highest BCUT2D eigenvalue weighted by Gasteiger charge is 2.28. The first-order chi connectivity index (χ1) is 11.9. The van der Waals surface area contributed by atoms with Gasteiger partial charge in [-0.05, 0) is 19.1 Å². The van der Waals surface area contributed by atoms with Crippen molar-refractivity contribution >= 4 is 0 Å². The summed E-state index contributed by atoms with van der Waals surface area (Å²) in [4.78, 5) is 0. The molecule has 0 atom stereocenters. The van der Waals surface area contributed by atoms with Gasteiger partial charge >= 0.3 is 0 Å². The van der Waals surface area contributed by atoms with Crippen LogP contribution in [0.25, 0.3) is 5.69 Å². The van der Waals surface area contributed by atoms with Crippen LogP contribution in [0.5, 0.6) is 11.6 Å². The predicted molar refractivity (Wildman–Crippen MR) is 79.4 cm³/mol. The van der Waals surface area contributed by atoms with Gasteiger partial charge in [0.05, 0.1) is 11.4 Å². The smallest absolute Gasteiger partial charge is 0.223 e. The predicted octanol–water partition coefficient (Wildman–Crippen LogP) is 4.40. The Bertz CT molecular complexity index is 964. The zero-order valence-electron chi connectivity index (χ0n) is 12.7. The summed E-state index contributed by atoms with van der Waals surface area (Å²) in [6, 6.07) is 10.9. The maximum absolute atomic E-state index is 14.0. The quantitative estimate of drug-likeness (QED) is 0.521. The maximum atomic E-state index is 14.0. The third-order valence-corrected chi connectivity index (χ3v) is 3.34. The van der Waals surface area contributed by atoms with Crippen molar-refractivity contribution in [3.63, 3.8) is 0 Å². The average molecular weight is 347 g/mol. The fourth-order valence-electron chi connectivity index (χ4n) is 2.21. The van der Waals surface area contributed by atoms with Gasteiger partial charge in [0.1, 0.15) is 11.6 Å². The van der Waals surface area contributed by atoms with Gasteiger partial charge in [-0.3, -0.25) is 0 Å². The van der Waals surface area contributed by atoms with E-state index in [4.69, 9.17) is 10.00 Å². The molecule has 0 amide bonds. The zero-order valence-corrected chi connectivity index (χ0v) is 12.7. The van der Waals surface area contributed by atoms with Crippen LogP contribution in [0.1, 0.15) is 11.3 Å². The molecule has 2 aromatic carbocycles. The number of nitriles is 1. The van der Waals surface area contributed by atoms with Gasteiger partial charge in [0, 0.05) is 6.07 Å². The van der Waals surface area contributed by atoms with Crippen molar-refractivity contribution in [2.24, 2.45) is 0 Å². The second-order valence-corrected chi connectivity index (χ2v) is 5.05. The SMILES string of the molecule is Cc1cc(Oc2c(F)c(F)c(C#N)c(F)c2F)n(-c2ccccc2)n1. The number of aryl methyl sites for hydroxylation is 1. The molecule has 3 rings (SSSR count). The van der Waals surface area contributed by atoms with Gasteiger partial charge in [0.25, 0.3) is 0 Å². The summed E-state index contributed by atoms with van der Waals surface area (Å²) in [5.41, 5.74) is -0.384. The summed E-state index contributed by atoms with van der Waals surface area (Å²) in [6.07, 6.45) is 0. The fraction of sp³-hybridized carbons (Fsp3) is 0.0588. The van der Waals surface area contributed by atoms with Crippen LogP contribution in [0, 0.1) is 41.5 Å². The first-order valence-electron chi connectivity index (χ1n) is 7.00. The third kappa shape index (κ3) is 2.80. The highest BCUT2D eigenvalue weighted by atomic mass is 19.2. The number of hydrogen-bond acceptors (Lipinski definition) is 3. The molecule has 1 aromatic heterocycles. The van der Waals surface area contributed by atoms with Crippen LogP contribution in [0.15, 0.2) is 36.4 Å². The fourth-order valence-corrected chi connectivity index (χ4v) is 2.21. The lowest BCUT2D eigenvalue weighted by Gasteiger charge is -2.11. The molecule has 0 aliphatic rings. The van der Waals surface area contributed by atoms with E-state index in [1.807, 2.05) is 0 Å². The molecule has 0 aliphatic carbocycles. The van der Waals surface area contributed by atoms with Crippen LogP contribution in [0.2, 0.25) is 0 Å². The number of ether oxygens (including phenoxy) is 1. The van der Waals surface area contributed by atoms with Crippen LogP contribution in [0.4, 0.5) is 17.6 Å². The highest BCUT2D eigenvalue weighted by molar-refractivity contribution is 5.43. The molecule has 4 nitrogen and oxygen atoms in total. The largest absolute Gasteiger partial charge is 0.432 e. The van der Waals surface area contributed by atoms with E-state index in [-0.39, 0.29) is 5.88 Å². The lowest BCUT2D eigenvalue weighted by molar-refractivity contribution is 0.351. The molecule has 0 aliphatic heterocycles. The Hall–Kier alpha value is -3.34. The van der Waals surface area contributed by atoms with Crippen LogP contribution < -0.4 is 4.74 Å². The zero-order chi connectivity index (χ0) is 18.1. The summed E-state index contributed by atoms with van der Waals surface area (Å²) in [7, 11) is 0. The molecule has 126 valence electrons. The molecule has 3 aromatic rings. The lowest BCUT2D eigenvalue weighted by atomic mass is 10.2. The summed E-state index contributed by atoms with van der Waals surface area (Å²) in [5, 5.41) is 12.7. The van der Waals surface area contributed by atoms with E-state index >= 15 is 0 Å². The van der Waals surface area contributed by atoms with Gasteiger partial charge in [-0.1, -0.05) is 18.2 Å². The first-order valence-corrected chi connectivity index (χ1v) is 7.00. The Morgan fingerprint density at radius 3 is 2.16 bits per heavy atom. The first kappa shape index (κ1) is 16.5. The topological polar surface area (TPSA) is 50.8 Å². The minimum atomic E-state index is -1.82. The molecule has 0 saturated carbocycles. The number of halogens is 4. The molecule has 25 heavy (non-hydrogen) atoms. The van der Waals surface area contributed by atoms with Crippen LogP contribution in [-0.4, -0.2) is 9.78 Å². The Balaban J connectivity index is 2.13. The second-order valence-electron chi connectivity index (χ2n) is 5.05. The molecule has 8 heteroatoms. The summed E-state index contributed by atoms with van der Waals surface area (Å²) in [5.74, 6) is -8.67. The molecule has 0 fully saturated rings. The molecular weight excluding hydrogens is 338 g/mol. The van der Waals surface area contributed by atoms with Gasteiger partial charge in [-0.25, -0.2) is 13.5 Å². The van der Waals surface area contributed by atoms with E-state index in [1.54, 1.807) is 37.3 Å². The third-order valence-electron chi connectivity index (χ3n) is 3.34. The molecule has 0 spiro atoms. The van der Waals surface area contributed by atoms with Crippen LogP contribution in [-0.2, 0) is 0 Å². The lowest BCUT2D eigenvalue weighted by Crippen LogP contribution is -2.06. The van der Waals surface area contributed by atoms with Gasteiger partial charge in [0.15, 0.2) is 11.6 Å². The summed E-state index contributed by atoms with van der Waals surface area (Å²) >= 11 is 0. The number of benzene rings is 2. The van der Waals surface area contributed by atoms with Crippen LogP contribution >= 0.6 is 0 Å². The van der Waals surface area contributed by atoms with Crippen molar-refractivity contribution < 1.29 is 22.3 Å². The minimum Gasteiger partial charge on any atom is -0.432 e. The van der Waals surface area contributed by atoms with Crippen LogP contribution in [0.3, 0.4) is 0 Å². The van der Waals surface area contributed by atoms with Gasteiger partial charge in [-0.2, -0.15) is 19.1 Å². The van der Waals surface area contributed by atoms with Gasteiger partial charge < -0.3 is 4.74 Å². The molecule has 0 N–H and O–H groups in total. The van der Waals surface area contributed by atoms with Crippen molar-refractivity contribution in [1.29, 1.82) is 5.26 Å². The minimum absolute atomic E-state index is 0.148. The maximum Gasteiger partial charge on any atom is 0.223 e. The molecule has 0 radical (unpaired) electrons. The van der Waals surface area contributed by atoms with Gasteiger partial charge in [-0.15, -0.1) is 0 Å². The number of hydrogen-bond donors (Lipinski definition) is 0. The van der Waals surface area contributed by atoms with E-state index < -0.39 is 34.6 Å². The van der Waals surface area contributed by atoms with Crippen molar-refractivity contribution in [2.75, 3.05) is 0 Å². The monoisotopic (exact) mass is 347 g/mol. The Kier molecular flexibility index (Phi) is 4.15. The number of para-hydroxylation sites is 1. The van der Waals surface area contributed by atoms with Crippen molar-refractivity contribution in [3.8, 4) is 23.4 Å². The number of rotatable bonds is 3. The highest BCUT2D eigenvalue weighted by Crippen LogP contribution is 2.34. The molecule has 0 unspecified atom stereocenters. The Labute approximate surface area is 139 Å². The van der Waals surface area contributed by atoms with Crippen molar-refractivity contribution in [2.45, 2.75) is 6.92 Å². The second kappa shape index (κ2) is 6.28. The molecule has 0 bridgehead atoms. The van der Waals surface area contributed by atoms with E-state index in [9.17, 15) is 17.6 Å². The standard InChI is InChI=1S/C17H9F4N3O/c1-9-7-12(24(23-9)10-5-3-2-4-6-10)25-17-15(20)13(18)11(8-22)14(19)16(17)21/h2-7H,1H3. The molecule has 1 heterocycles. The van der Waals surface area contributed by atoms with E-state index in [1.165, 1.54) is 10.7 Å². The Morgan fingerprint density at radius 1 is 1.00 bits per heavy atom. The van der Waals surface area contributed by atoms with Crippen molar-refractivity contribution in [1.82, 2.24) is 9.78 Å². The molecular formula is C17H9F4N3O. The number of aromatic nitrogens is 2. The molecule has 0 saturated heterocycles.